The molecule has 0 bridgehead atoms. The van der Waals surface area contributed by atoms with Crippen LogP contribution in [0.4, 0.5) is 0 Å². The summed E-state index contributed by atoms with van der Waals surface area (Å²) in [5.41, 5.74) is 5.54. The van der Waals surface area contributed by atoms with Crippen LogP contribution in [0, 0.1) is 5.92 Å². The van der Waals surface area contributed by atoms with Gasteiger partial charge in [0, 0.05) is 19.8 Å². The molecule has 0 aliphatic heterocycles. The molecule has 0 aliphatic rings. The van der Waals surface area contributed by atoms with Crippen LogP contribution in [-0.2, 0) is 14.4 Å². The second-order valence-electron chi connectivity index (χ2n) is 8.67. The lowest BCUT2D eigenvalue weighted by Crippen LogP contribution is -2.48. The lowest BCUT2D eigenvalue weighted by molar-refractivity contribution is -0.126. The highest BCUT2D eigenvalue weighted by molar-refractivity contribution is 5.78. The van der Waals surface area contributed by atoms with Crippen molar-refractivity contribution in [3.05, 3.63) is 0 Å². The summed E-state index contributed by atoms with van der Waals surface area (Å²) in [6, 6.07) is 0. The average molecular weight is 426 g/mol. The van der Waals surface area contributed by atoms with Crippen LogP contribution in [0.5, 0.6) is 0 Å². The highest BCUT2D eigenvalue weighted by atomic mass is 16.2. The van der Waals surface area contributed by atoms with Crippen molar-refractivity contribution in [3.63, 3.8) is 0 Å². The zero-order chi connectivity index (χ0) is 22.6. The lowest BCUT2D eigenvalue weighted by atomic mass is 9.95. The highest BCUT2D eigenvalue weighted by Gasteiger charge is 2.22. The minimum atomic E-state index is -0.552. The largest absolute Gasteiger partial charge is 0.369 e. The van der Waals surface area contributed by atoms with Crippen molar-refractivity contribution in [1.82, 2.24) is 10.6 Å². The molecule has 4 N–H and O–H groups in total. The monoisotopic (exact) mass is 425 g/mol. The van der Waals surface area contributed by atoms with Gasteiger partial charge in [-0.2, -0.15) is 0 Å². The van der Waals surface area contributed by atoms with E-state index in [0.29, 0.717) is 12.8 Å². The maximum Gasteiger partial charge on any atom is 0.220 e. The van der Waals surface area contributed by atoms with Gasteiger partial charge in [-0.15, -0.1) is 0 Å². The van der Waals surface area contributed by atoms with Gasteiger partial charge in [-0.05, 0) is 12.8 Å². The Hall–Kier alpha value is -1.59. The van der Waals surface area contributed by atoms with Gasteiger partial charge in [0.1, 0.15) is 6.17 Å². The number of unbranched alkanes of at least 4 members (excludes halogenated alkanes) is 13. The molecule has 0 radical (unpaired) electrons. The van der Waals surface area contributed by atoms with Crippen LogP contribution in [0.25, 0.3) is 0 Å². The topological polar surface area (TPSA) is 101 Å². The fourth-order valence-corrected chi connectivity index (χ4v) is 3.89. The normalized spacial score (nSPS) is 12.0. The summed E-state index contributed by atoms with van der Waals surface area (Å²) in [6.45, 7) is 5.04. The summed E-state index contributed by atoms with van der Waals surface area (Å²) in [5.74, 6) is -1.20. The molecule has 0 aromatic carbocycles. The van der Waals surface area contributed by atoms with E-state index in [1.165, 1.54) is 90.9 Å². The predicted octanol–water partition coefficient (Wildman–Crippen LogP) is 4.95. The maximum atomic E-state index is 11.8. The van der Waals surface area contributed by atoms with Crippen molar-refractivity contribution in [1.29, 1.82) is 0 Å². The van der Waals surface area contributed by atoms with Gasteiger partial charge in [0.25, 0.3) is 0 Å². The number of hydrogen-bond donors (Lipinski definition) is 3. The van der Waals surface area contributed by atoms with Crippen LogP contribution in [0.15, 0.2) is 0 Å². The van der Waals surface area contributed by atoms with Crippen LogP contribution in [0.1, 0.15) is 124 Å². The van der Waals surface area contributed by atoms with Crippen LogP contribution >= 0.6 is 0 Å². The fraction of sp³-hybridized carbons (Fsp3) is 0.875. The van der Waals surface area contributed by atoms with Crippen LogP contribution in [0.2, 0.25) is 0 Å². The Kier molecular flexibility index (Phi) is 18.4. The zero-order valence-corrected chi connectivity index (χ0v) is 19.8. The van der Waals surface area contributed by atoms with Gasteiger partial charge < -0.3 is 16.4 Å². The van der Waals surface area contributed by atoms with Gasteiger partial charge in [0.05, 0.1) is 0 Å². The van der Waals surface area contributed by atoms with Crippen LogP contribution < -0.4 is 16.4 Å². The molecule has 0 fully saturated rings. The van der Waals surface area contributed by atoms with Gasteiger partial charge in [-0.3, -0.25) is 14.4 Å². The molecular weight excluding hydrogens is 378 g/mol. The second kappa shape index (κ2) is 19.4. The van der Waals surface area contributed by atoms with E-state index < -0.39 is 6.17 Å². The Balaban J connectivity index is 3.80. The van der Waals surface area contributed by atoms with E-state index in [2.05, 4.69) is 17.6 Å². The number of amides is 3. The molecule has 1 unspecified atom stereocenters. The molecule has 6 heteroatoms. The molecule has 0 aromatic rings. The van der Waals surface area contributed by atoms with E-state index >= 15 is 0 Å². The Morgan fingerprint density at radius 3 is 1.37 bits per heavy atom. The number of rotatable bonds is 20. The standard InChI is InChI=1S/C24H47N3O3/c1-4-5-6-7-8-9-10-11-12-13-14-15-16-17-18-22(24(25)30)19-23(26-20(2)28)27-21(3)29/h22-23H,4-19H2,1-3H3,(H2,25,30)(H,26,28)(H,27,29). The minimum Gasteiger partial charge on any atom is -0.369 e. The van der Waals surface area contributed by atoms with Crippen molar-refractivity contribution >= 4 is 17.7 Å². The van der Waals surface area contributed by atoms with Gasteiger partial charge in [0.2, 0.25) is 17.7 Å². The molecule has 176 valence electrons. The lowest BCUT2D eigenvalue weighted by Gasteiger charge is -2.23. The van der Waals surface area contributed by atoms with Crippen molar-refractivity contribution in [2.75, 3.05) is 0 Å². The SMILES string of the molecule is CCCCCCCCCCCCCCCCC(CC(NC(C)=O)NC(C)=O)C(N)=O. The average Bonchev–Trinajstić information content (AvgIpc) is 2.66. The summed E-state index contributed by atoms with van der Waals surface area (Å²) >= 11 is 0. The number of carbonyl (C=O) groups excluding carboxylic acids is 3. The van der Waals surface area contributed by atoms with Gasteiger partial charge in [0.15, 0.2) is 0 Å². The minimum absolute atomic E-state index is 0.242. The van der Waals surface area contributed by atoms with Crippen molar-refractivity contribution in [2.45, 2.75) is 130 Å². The third kappa shape index (κ3) is 18.4. The fourth-order valence-electron chi connectivity index (χ4n) is 3.89. The van der Waals surface area contributed by atoms with Gasteiger partial charge in [-0.25, -0.2) is 0 Å². The maximum absolute atomic E-state index is 11.8. The first-order valence-electron chi connectivity index (χ1n) is 12.2. The first-order valence-corrected chi connectivity index (χ1v) is 12.2. The third-order valence-electron chi connectivity index (χ3n) is 5.58. The van der Waals surface area contributed by atoms with Crippen LogP contribution in [-0.4, -0.2) is 23.9 Å². The molecule has 0 aliphatic carbocycles. The molecule has 30 heavy (non-hydrogen) atoms. The van der Waals surface area contributed by atoms with E-state index in [0.717, 1.165) is 12.8 Å². The first kappa shape index (κ1) is 28.4. The molecule has 0 aromatic heterocycles. The third-order valence-corrected chi connectivity index (χ3v) is 5.58. The van der Waals surface area contributed by atoms with Crippen LogP contribution in [0.3, 0.4) is 0 Å². The molecule has 6 nitrogen and oxygen atoms in total. The highest BCUT2D eigenvalue weighted by Crippen LogP contribution is 2.17. The predicted molar refractivity (Wildman–Crippen MR) is 124 cm³/mol. The molecule has 1 atom stereocenters. The molecule has 0 spiro atoms. The first-order chi connectivity index (χ1) is 14.4. The van der Waals surface area contributed by atoms with Crippen molar-refractivity contribution < 1.29 is 14.4 Å². The molecule has 0 rings (SSSR count). The number of hydrogen-bond acceptors (Lipinski definition) is 3. The number of nitrogens with two attached hydrogens (primary N) is 1. The Bertz CT molecular complexity index is 453. The van der Waals surface area contributed by atoms with E-state index in [4.69, 9.17) is 5.73 Å². The molecule has 0 heterocycles. The zero-order valence-electron chi connectivity index (χ0n) is 19.8. The summed E-state index contributed by atoms with van der Waals surface area (Å²) in [7, 11) is 0. The molecule has 3 amide bonds. The number of primary amides is 1. The summed E-state index contributed by atoms with van der Waals surface area (Å²) in [6.07, 6.45) is 18.6. The Morgan fingerprint density at radius 2 is 1.03 bits per heavy atom. The Morgan fingerprint density at radius 1 is 0.667 bits per heavy atom. The second-order valence-corrected chi connectivity index (χ2v) is 8.67. The molecular formula is C24H47N3O3. The van der Waals surface area contributed by atoms with E-state index in [9.17, 15) is 14.4 Å². The van der Waals surface area contributed by atoms with Gasteiger partial charge >= 0.3 is 0 Å². The summed E-state index contributed by atoms with van der Waals surface area (Å²) < 4.78 is 0. The Labute approximate surface area is 184 Å². The van der Waals surface area contributed by atoms with Gasteiger partial charge in [-0.1, -0.05) is 96.8 Å². The van der Waals surface area contributed by atoms with E-state index in [1.807, 2.05) is 0 Å². The molecule has 0 saturated heterocycles. The smallest absolute Gasteiger partial charge is 0.220 e. The van der Waals surface area contributed by atoms with E-state index in [1.54, 1.807) is 0 Å². The van der Waals surface area contributed by atoms with Crippen molar-refractivity contribution in [3.8, 4) is 0 Å². The summed E-state index contributed by atoms with van der Waals surface area (Å²) in [5, 5.41) is 5.34. The van der Waals surface area contributed by atoms with E-state index in [-0.39, 0.29) is 23.6 Å². The number of carbonyl (C=O) groups is 3. The van der Waals surface area contributed by atoms with Crippen molar-refractivity contribution in [2.24, 2.45) is 11.7 Å². The quantitative estimate of drug-likeness (QED) is 0.190. The molecule has 0 saturated carbocycles. The summed E-state index contributed by atoms with van der Waals surface area (Å²) in [4.78, 5) is 34.4. The number of nitrogens with one attached hydrogen (secondary N) is 2.